The Morgan fingerprint density at radius 3 is 2.11 bits per heavy atom. The number of hydrogen-bond donors (Lipinski definition) is 2. The molecule has 0 spiro atoms. The first-order chi connectivity index (χ1) is 13.2. The third-order valence-electron chi connectivity index (χ3n) is 4.24. The maximum absolute atomic E-state index is 12.6. The molecule has 0 aliphatic rings. The Labute approximate surface area is 160 Å². The molecule has 27 heavy (non-hydrogen) atoms. The number of para-hydroxylation sites is 2. The molecule has 1 unspecified atom stereocenters. The van der Waals surface area contributed by atoms with Crippen molar-refractivity contribution in [3.8, 4) is 5.75 Å². The van der Waals surface area contributed by atoms with Gasteiger partial charge >= 0.3 is 0 Å². The summed E-state index contributed by atoms with van der Waals surface area (Å²) in [5.74, 6) is 0.589. The van der Waals surface area contributed by atoms with Crippen molar-refractivity contribution in [2.24, 2.45) is 0 Å². The molecule has 3 rings (SSSR count). The van der Waals surface area contributed by atoms with E-state index in [0.29, 0.717) is 6.42 Å². The Morgan fingerprint density at radius 1 is 0.852 bits per heavy atom. The van der Waals surface area contributed by atoms with Crippen LogP contribution in [0.15, 0.2) is 78.9 Å². The van der Waals surface area contributed by atoms with E-state index in [0.717, 1.165) is 28.4 Å². The van der Waals surface area contributed by atoms with E-state index in [-0.39, 0.29) is 5.91 Å². The number of anilines is 3. The summed E-state index contributed by atoms with van der Waals surface area (Å²) in [6.45, 7) is 3.91. The van der Waals surface area contributed by atoms with Gasteiger partial charge in [-0.1, -0.05) is 43.3 Å². The highest BCUT2D eigenvalue weighted by molar-refractivity contribution is 5.94. The largest absolute Gasteiger partial charge is 0.480 e. The second kappa shape index (κ2) is 8.90. The average molecular weight is 360 g/mol. The van der Waals surface area contributed by atoms with Gasteiger partial charge in [-0.3, -0.25) is 4.79 Å². The predicted octanol–water partition coefficient (Wildman–Crippen LogP) is 5.53. The standard InChI is InChI=1S/C23H24N2O2/c1-3-21(27-22-12-8-7-9-17(22)2)23(26)25-20-15-13-19(14-16-20)24-18-10-5-4-6-11-18/h4-16,21,24H,3H2,1-2H3,(H,25,26). The lowest BCUT2D eigenvalue weighted by molar-refractivity contribution is -0.122. The fraction of sp³-hybridized carbons (Fsp3) is 0.174. The van der Waals surface area contributed by atoms with Crippen molar-refractivity contribution in [1.82, 2.24) is 0 Å². The zero-order valence-corrected chi connectivity index (χ0v) is 15.6. The summed E-state index contributed by atoms with van der Waals surface area (Å²) in [5.41, 5.74) is 3.74. The van der Waals surface area contributed by atoms with E-state index in [4.69, 9.17) is 4.74 Å². The molecule has 1 atom stereocenters. The number of carbonyl (C=O) groups excluding carboxylic acids is 1. The van der Waals surface area contributed by atoms with Gasteiger partial charge in [0.25, 0.3) is 5.91 Å². The number of carbonyl (C=O) groups is 1. The van der Waals surface area contributed by atoms with Gasteiger partial charge in [-0.2, -0.15) is 0 Å². The second-order valence-corrected chi connectivity index (χ2v) is 6.34. The molecule has 4 nitrogen and oxygen atoms in total. The highest BCUT2D eigenvalue weighted by atomic mass is 16.5. The molecule has 4 heteroatoms. The van der Waals surface area contributed by atoms with Crippen molar-refractivity contribution < 1.29 is 9.53 Å². The normalized spacial score (nSPS) is 11.5. The van der Waals surface area contributed by atoms with Gasteiger partial charge in [-0.25, -0.2) is 0 Å². The molecule has 0 aliphatic heterocycles. The van der Waals surface area contributed by atoms with Gasteiger partial charge in [-0.15, -0.1) is 0 Å². The zero-order chi connectivity index (χ0) is 19.1. The average Bonchev–Trinajstić information content (AvgIpc) is 2.69. The van der Waals surface area contributed by atoms with Crippen LogP contribution in [-0.4, -0.2) is 12.0 Å². The molecule has 0 radical (unpaired) electrons. The van der Waals surface area contributed by atoms with E-state index in [2.05, 4.69) is 10.6 Å². The predicted molar refractivity (Wildman–Crippen MR) is 111 cm³/mol. The minimum atomic E-state index is -0.534. The van der Waals surface area contributed by atoms with Crippen molar-refractivity contribution in [3.05, 3.63) is 84.4 Å². The molecule has 0 saturated carbocycles. The second-order valence-electron chi connectivity index (χ2n) is 6.34. The molecular formula is C23H24N2O2. The number of aryl methyl sites for hydroxylation is 1. The van der Waals surface area contributed by atoms with Crippen LogP contribution in [0.5, 0.6) is 5.75 Å². The molecule has 0 bridgehead atoms. The topological polar surface area (TPSA) is 50.4 Å². The summed E-state index contributed by atoms with van der Waals surface area (Å²) in [6.07, 6.45) is 0.0570. The summed E-state index contributed by atoms with van der Waals surface area (Å²) in [6, 6.07) is 25.3. The number of rotatable bonds is 7. The molecule has 0 heterocycles. The fourth-order valence-corrected chi connectivity index (χ4v) is 2.71. The van der Waals surface area contributed by atoms with Crippen LogP contribution >= 0.6 is 0 Å². The van der Waals surface area contributed by atoms with Gasteiger partial charge in [0.2, 0.25) is 0 Å². The minimum Gasteiger partial charge on any atom is -0.480 e. The molecule has 0 saturated heterocycles. The third-order valence-corrected chi connectivity index (χ3v) is 4.24. The molecular weight excluding hydrogens is 336 g/mol. The number of ether oxygens (including phenoxy) is 1. The smallest absolute Gasteiger partial charge is 0.265 e. The molecule has 1 amide bonds. The lowest BCUT2D eigenvalue weighted by atomic mass is 10.2. The maximum atomic E-state index is 12.6. The third kappa shape index (κ3) is 5.11. The molecule has 0 aromatic heterocycles. The first-order valence-electron chi connectivity index (χ1n) is 9.11. The maximum Gasteiger partial charge on any atom is 0.265 e. The monoisotopic (exact) mass is 360 g/mol. The highest BCUT2D eigenvalue weighted by Crippen LogP contribution is 2.21. The van der Waals surface area contributed by atoms with Crippen LogP contribution in [0.1, 0.15) is 18.9 Å². The Kier molecular flexibility index (Phi) is 6.10. The molecule has 138 valence electrons. The summed E-state index contributed by atoms with van der Waals surface area (Å²) in [4.78, 5) is 12.6. The first-order valence-corrected chi connectivity index (χ1v) is 9.11. The minimum absolute atomic E-state index is 0.149. The van der Waals surface area contributed by atoms with Crippen molar-refractivity contribution in [2.75, 3.05) is 10.6 Å². The van der Waals surface area contributed by atoms with Crippen LogP contribution in [-0.2, 0) is 4.79 Å². The molecule has 3 aromatic carbocycles. The van der Waals surface area contributed by atoms with Crippen LogP contribution < -0.4 is 15.4 Å². The lowest BCUT2D eigenvalue weighted by Crippen LogP contribution is -2.32. The Balaban J connectivity index is 1.61. The van der Waals surface area contributed by atoms with E-state index >= 15 is 0 Å². The van der Waals surface area contributed by atoms with E-state index in [1.54, 1.807) is 0 Å². The van der Waals surface area contributed by atoms with Gasteiger partial charge in [0, 0.05) is 17.1 Å². The van der Waals surface area contributed by atoms with E-state index < -0.39 is 6.10 Å². The Bertz CT molecular complexity index is 876. The first kappa shape index (κ1) is 18.5. The SMILES string of the molecule is CCC(Oc1ccccc1C)C(=O)Nc1ccc(Nc2ccccc2)cc1. The van der Waals surface area contributed by atoms with Gasteiger partial charge < -0.3 is 15.4 Å². The molecule has 2 N–H and O–H groups in total. The summed E-state index contributed by atoms with van der Waals surface area (Å²) >= 11 is 0. The lowest BCUT2D eigenvalue weighted by Gasteiger charge is -2.18. The number of amides is 1. The molecule has 0 fully saturated rings. The van der Waals surface area contributed by atoms with Crippen LogP contribution in [0.3, 0.4) is 0 Å². The van der Waals surface area contributed by atoms with Crippen molar-refractivity contribution in [1.29, 1.82) is 0 Å². The summed E-state index contributed by atoms with van der Waals surface area (Å²) in [5, 5.41) is 6.25. The fourth-order valence-electron chi connectivity index (χ4n) is 2.71. The van der Waals surface area contributed by atoms with Crippen molar-refractivity contribution in [3.63, 3.8) is 0 Å². The van der Waals surface area contributed by atoms with Crippen molar-refractivity contribution >= 4 is 23.0 Å². The van der Waals surface area contributed by atoms with E-state index in [1.165, 1.54) is 0 Å². The van der Waals surface area contributed by atoms with E-state index in [9.17, 15) is 4.79 Å². The van der Waals surface area contributed by atoms with Crippen LogP contribution in [0.4, 0.5) is 17.1 Å². The summed E-state index contributed by atoms with van der Waals surface area (Å²) in [7, 11) is 0. The highest BCUT2D eigenvalue weighted by Gasteiger charge is 2.19. The zero-order valence-electron chi connectivity index (χ0n) is 15.6. The molecule has 3 aromatic rings. The number of hydrogen-bond acceptors (Lipinski definition) is 3. The van der Waals surface area contributed by atoms with Crippen LogP contribution in [0, 0.1) is 6.92 Å². The Hall–Kier alpha value is -3.27. The van der Waals surface area contributed by atoms with Crippen LogP contribution in [0.25, 0.3) is 0 Å². The van der Waals surface area contributed by atoms with Gasteiger partial charge in [-0.05, 0) is 61.4 Å². The van der Waals surface area contributed by atoms with E-state index in [1.807, 2.05) is 92.7 Å². The van der Waals surface area contributed by atoms with Gasteiger partial charge in [0.1, 0.15) is 5.75 Å². The quantitative estimate of drug-likeness (QED) is 0.582. The number of benzene rings is 3. The van der Waals surface area contributed by atoms with Crippen molar-refractivity contribution in [2.45, 2.75) is 26.4 Å². The number of nitrogens with one attached hydrogen (secondary N) is 2. The van der Waals surface area contributed by atoms with Gasteiger partial charge in [0.15, 0.2) is 6.10 Å². The van der Waals surface area contributed by atoms with Gasteiger partial charge in [0.05, 0.1) is 0 Å². The Morgan fingerprint density at radius 2 is 1.44 bits per heavy atom. The van der Waals surface area contributed by atoms with Crippen LogP contribution in [0.2, 0.25) is 0 Å². The molecule has 0 aliphatic carbocycles. The summed E-state index contributed by atoms with van der Waals surface area (Å²) < 4.78 is 5.91.